The summed E-state index contributed by atoms with van der Waals surface area (Å²) in [7, 11) is 0. The van der Waals surface area contributed by atoms with Crippen molar-refractivity contribution in [1.29, 1.82) is 0 Å². The summed E-state index contributed by atoms with van der Waals surface area (Å²) in [6, 6.07) is 16.1. The third kappa shape index (κ3) is 4.18. The average molecular weight is 336 g/mol. The first kappa shape index (κ1) is 15.7. The Morgan fingerprint density at radius 3 is 1.48 bits per heavy atom. The molecular formula is C20H20N2O3. The van der Waals surface area contributed by atoms with Gasteiger partial charge in [0.2, 0.25) is 0 Å². The highest BCUT2D eigenvalue weighted by molar-refractivity contribution is 5.80. The Hall–Kier alpha value is -2.82. The van der Waals surface area contributed by atoms with E-state index >= 15 is 0 Å². The van der Waals surface area contributed by atoms with Crippen LogP contribution in [-0.2, 0) is 22.3 Å². The largest absolute Gasteiger partial charge is 0.479 e. The van der Waals surface area contributed by atoms with Crippen molar-refractivity contribution in [3.8, 4) is 11.5 Å². The molecule has 4 rings (SSSR count). The Kier molecular flexibility index (Phi) is 4.63. The highest BCUT2D eigenvalue weighted by Gasteiger charge is 2.09. The standard InChI is InChI=1S/C20H20N2O3/c1-5-17(6-2-15(1)13-19-21-9-11-23-19)25-18-7-3-16(4-8-18)14-20-22-10-12-24-20/h1-8H,9-14H2. The summed E-state index contributed by atoms with van der Waals surface area (Å²) in [6.45, 7) is 2.94. The molecule has 0 saturated carbocycles. The molecule has 128 valence electrons. The molecule has 2 aliphatic heterocycles. The second-order valence-electron chi connectivity index (χ2n) is 5.99. The lowest BCUT2D eigenvalue weighted by Gasteiger charge is -2.08. The van der Waals surface area contributed by atoms with E-state index < -0.39 is 0 Å². The molecule has 0 N–H and O–H groups in total. The number of hydrogen-bond acceptors (Lipinski definition) is 5. The first-order valence-electron chi connectivity index (χ1n) is 8.53. The maximum Gasteiger partial charge on any atom is 0.187 e. The third-order valence-electron chi connectivity index (χ3n) is 4.09. The molecule has 5 heteroatoms. The Bertz CT molecular complexity index is 712. The van der Waals surface area contributed by atoms with Gasteiger partial charge in [0, 0.05) is 12.8 Å². The van der Waals surface area contributed by atoms with Gasteiger partial charge in [-0.3, -0.25) is 9.98 Å². The zero-order chi connectivity index (χ0) is 16.9. The first-order valence-corrected chi connectivity index (χ1v) is 8.53. The van der Waals surface area contributed by atoms with Crippen molar-refractivity contribution in [3.63, 3.8) is 0 Å². The zero-order valence-electron chi connectivity index (χ0n) is 14.0. The van der Waals surface area contributed by atoms with E-state index in [0.717, 1.165) is 49.2 Å². The summed E-state index contributed by atoms with van der Waals surface area (Å²) in [6.07, 6.45) is 1.47. The average Bonchev–Trinajstić information content (AvgIpc) is 3.33. The molecule has 0 saturated heterocycles. The zero-order valence-corrected chi connectivity index (χ0v) is 14.0. The molecular weight excluding hydrogens is 316 g/mol. The Balaban J connectivity index is 1.34. The molecule has 0 amide bonds. The third-order valence-corrected chi connectivity index (χ3v) is 4.09. The van der Waals surface area contributed by atoms with Crippen LogP contribution in [0, 0.1) is 0 Å². The molecule has 0 spiro atoms. The molecule has 2 aromatic carbocycles. The smallest absolute Gasteiger partial charge is 0.187 e. The number of rotatable bonds is 6. The minimum atomic E-state index is 0.700. The van der Waals surface area contributed by atoms with Crippen molar-refractivity contribution in [2.45, 2.75) is 12.8 Å². The van der Waals surface area contributed by atoms with E-state index in [1.807, 2.05) is 48.5 Å². The van der Waals surface area contributed by atoms with Gasteiger partial charge in [0.1, 0.15) is 24.7 Å². The van der Waals surface area contributed by atoms with Gasteiger partial charge < -0.3 is 14.2 Å². The van der Waals surface area contributed by atoms with Gasteiger partial charge in [0.15, 0.2) is 11.8 Å². The lowest BCUT2D eigenvalue weighted by molar-refractivity contribution is 0.340. The molecule has 5 nitrogen and oxygen atoms in total. The van der Waals surface area contributed by atoms with Gasteiger partial charge in [-0.25, -0.2) is 0 Å². The van der Waals surface area contributed by atoms with Crippen LogP contribution in [0.3, 0.4) is 0 Å². The minimum absolute atomic E-state index is 0.700. The molecule has 0 fully saturated rings. The van der Waals surface area contributed by atoms with Gasteiger partial charge in [-0.2, -0.15) is 0 Å². The predicted octanol–water partition coefficient (Wildman–Crippen LogP) is 3.42. The van der Waals surface area contributed by atoms with E-state index in [0.29, 0.717) is 13.2 Å². The summed E-state index contributed by atoms with van der Waals surface area (Å²) in [5.41, 5.74) is 2.33. The molecule has 25 heavy (non-hydrogen) atoms. The molecule has 2 heterocycles. The molecule has 0 aliphatic carbocycles. The first-order chi connectivity index (χ1) is 12.3. The van der Waals surface area contributed by atoms with Gasteiger partial charge in [-0.05, 0) is 35.4 Å². The lowest BCUT2D eigenvalue weighted by atomic mass is 10.1. The second kappa shape index (κ2) is 7.38. The molecule has 0 aromatic heterocycles. The van der Waals surface area contributed by atoms with Crippen LogP contribution in [-0.4, -0.2) is 38.1 Å². The minimum Gasteiger partial charge on any atom is -0.479 e. The number of benzene rings is 2. The van der Waals surface area contributed by atoms with Crippen molar-refractivity contribution in [1.82, 2.24) is 0 Å². The van der Waals surface area contributed by atoms with Crippen molar-refractivity contribution in [3.05, 3.63) is 59.7 Å². The van der Waals surface area contributed by atoms with E-state index in [4.69, 9.17) is 14.2 Å². The van der Waals surface area contributed by atoms with E-state index in [2.05, 4.69) is 9.98 Å². The van der Waals surface area contributed by atoms with Crippen LogP contribution in [0.15, 0.2) is 58.5 Å². The monoisotopic (exact) mass is 336 g/mol. The van der Waals surface area contributed by atoms with E-state index in [-0.39, 0.29) is 0 Å². The molecule has 2 aliphatic rings. The van der Waals surface area contributed by atoms with E-state index in [9.17, 15) is 0 Å². The Labute approximate surface area is 147 Å². The summed E-state index contributed by atoms with van der Waals surface area (Å²) in [5, 5.41) is 0. The molecule has 0 unspecified atom stereocenters. The maximum absolute atomic E-state index is 5.91. The normalized spacial score (nSPS) is 16.0. The Morgan fingerprint density at radius 1 is 0.680 bits per heavy atom. The highest BCUT2D eigenvalue weighted by Crippen LogP contribution is 2.23. The van der Waals surface area contributed by atoms with Gasteiger partial charge in [-0.15, -0.1) is 0 Å². The number of nitrogens with zero attached hydrogens (tertiary/aromatic N) is 2. The molecule has 0 radical (unpaired) electrons. The van der Waals surface area contributed by atoms with Crippen molar-refractivity contribution < 1.29 is 14.2 Å². The maximum atomic E-state index is 5.91. The van der Waals surface area contributed by atoms with Crippen molar-refractivity contribution in [2.75, 3.05) is 26.3 Å². The van der Waals surface area contributed by atoms with E-state index in [1.54, 1.807) is 0 Å². The van der Waals surface area contributed by atoms with Gasteiger partial charge in [0.25, 0.3) is 0 Å². The second-order valence-corrected chi connectivity index (χ2v) is 5.99. The quantitative estimate of drug-likeness (QED) is 0.812. The van der Waals surface area contributed by atoms with Crippen molar-refractivity contribution in [2.24, 2.45) is 9.98 Å². The van der Waals surface area contributed by atoms with Gasteiger partial charge in [0.05, 0.1) is 13.1 Å². The van der Waals surface area contributed by atoms with Gasteiger partial charge >= 0.3 is 0 Å². The fourth-order valence-electron chi connectivity index (χ4n) is 2.81. The summed E-state index contributed by atoms with van der Waals surface area (Å²) < 4.78 is 16.8. The van der Waals surface area contributed by atoms with Crippen LogP contribution in [0.4, 0.5) is 0 Å². The molecule has 2 aromatic rings. The van der Waals surface area contributed by atoms with Crippen LogP contribution in [0.5, 0.6) is 11.5 Å². The molecule has 0 bridgehead atoms. The SMILES string of the molecule is c1cc(Oc2ccc(CC3=NCCO3)cc2)ccc1CC1=NCCO1. The van der Waals surface area contributed by atoms with Crippen LogP contribution in [0.1, 0.15) is 11.1 Å². The van der Waals surface area contributed by atoms with E-state index in [1.165, 1.54) is 11.1 Å². The summed E-state index contributed by atoms with van der Waals surface area (Å²) in [4.78, 5) is 8.62. The fourth-order valence-corrected chi connectivity index (χ4v) is 2.81. The number of hydrogen-bond donors (Lipinski definition) is 0. The Morgan fingerprint density at radius 2 is 1.12 bits per heavy atom. The number of ether oxygens (including phenoxy) is 3. The van der Waals surface area contributed by atoms with Crippen LogP contribution < -0.4 is 4.74 Å². The van der Waals surface area contributed by atoms with Gasteiger partial charge in [-0.1, -0.05) is 24.3 Å². The fraction of sp³-hybridized carbons (Fsp3) is 0.300. The van der Waals surface area contributed by atoms with Crippen LogP contribution >= 0.6 is 0 Å². The van der Waals surface area contributed by atoms with Crippen molar-refractivity contribution >= 4 is 11.8 Å². The lowest BCUT2D eigenvalue weighted by Crippen LogP contribution is -2.03. The summed E-state index contributed by atoms with van der Waals surface area (Å²) >= 11 is 0. The topological polar surface area (TPSA) is 52.4 Å². The van der Waals surface area contributed by atoms with Crippen LogP contribution in [0.25, 0.3) is 0 Å². The highest BCUT2D eigenvalue weighted by atomic mass is 16.5. The summed E-state index contributed by atoms with van der Waals surface area (Å²) in [5.74, 6) is 3.27. The predicted molar refractivity (Wildman–Crippen MR) is 96.9 cm³/mol. The molecule has 0 atom stereocenters. The number of aliphatic imine (C=N–C) groups is 2. The van der Waals surface area contributed by atoms with Crippen LogP contribution in [0.2, 0.25) is 0 Å².